The summed E-state index contributed by atoms with van der Waals surface area (Å²) in [5.74, 6) is 0. The summed E-state index contributed by atoms with van der Waals surface area (Å²) in [6.45, 7) is 9.10. The first-order chi connectivity index (χ1) is 16.1. The Morgan fingerprint density at radius 1 is 0.606 bits per heavy atom. The highest BCUT2D eigenvalue weighted by atomic mass is 14.5. The second-order valence-corrected chi connectivity index (χ2v) is 10.3. The maximum Gasteiger partial charge on any atom is 0.0463 e. The molecule has 3 aromatic carbocycles. The summed E-state index contributed by atoms with van der Waals surface area (Å²) >= 11 is 0. The van der Waals surface area contributed by atoms with Crippen LogP contribution in [0.25, 0.3) is 11.1 Å². The zero-order valence-electron chi connectivity index (χ0n) is 21.3. The molecule has 0 heteroatoms. The lowest BCUT2D eigenvalue weighted by molar-refractivity contribution is 0.515. The first-order valence-electron chi connectivity index (χ1n) is 13.4. The lowest BCUT2D eigenvalue weighted by Crippen LogP contribution is -2.27. The Hall–Kier alpha value is -2.34. The number of aryl methyl sites for hydroxylation is 3. The third-order valence-corrected chi connectivity index (χ3v) is 7.70. The van der Waals surface area contributed by atoms with Crippen molar-refractivity contribution >= 4 is 0 Å². The van der Waals surface area contributed by atoms with Gasteiger partial charge in [0.15, 0.2) is 0 Å². The van der Waals surface area contributed by atoms with Crippen LogP contribution < -0.4 is 0 Å². The highest BCUT2D eigenvalue weighted by Gasteiger charge is 2.44. The predicted octanol–water partition coefficient (Wildman–Crippen LogP) is 9.71. The van der Waals surface area contributed by atoms with Gasteiger partial charge in [0.1, 0.15) is 0 Å². The third kappa shape index (κ3) is 4.81. The van der Waals surface area contributed by atoms with Crippen molar-refractivity contribution in [2.75, 3.05) is 0 Å². The minimum Gasteiger partial charge on any atom is -0.0654 e. The molecule has 0 aliphatic heterocycles. The van der Waals surface area contributed by atoms with Gasteiger partial charge in [-0.15, -0.1) is 0 Å². The van der Waals surface area contributed by atoms with Crippen LogP contribution in [0.2, 0.25) is 0 Å². The molecule has 0 radical (unpaired) electrons. The van der Waals surface area contributed by atoms with Gasteiger partial charge in [-0.25, -0.2) is 0 Å². The largest absolute Gasteiger partial charge is 0.0654 e. The summed E-state index contributed by atoms with van der Waals surface area (Å²) in [6.07, 6.45) is 12.9. The van der Waals surface area contributed by atoms with Crippen molar-refractivity contribution in [1.82, 2.24) is 0 Å². The molecule has 0 saturated heterocycles. The van der Waals surface area contributed by atoms with Crippen LogP contribution in [0.5, 0.6) is 0 Å². The molecule has 0 saturated carbocycles. The number of unbranched alkanes of at least 4 members (excludes halogenated alkanes) is 6. The van der Waals surface area contributed by atoms with E-state index in [0.717, 1.165) is 0 Å². The normalized spacial score (nSPS) is 13.7. The van der Waals surface area contributed by atoms with Crippen LogP contribution in [0.3, 0.4) is 0 Å². The van der Waals surface area contributed by atoms with E-state index in [0.29, 0.717) is 0 Å². The molecule has 0 spiro atoms. The van der Waals surface area contributed by atoms with Crippen LogP contribution in [-0.2, 0) is 11.8 Å². The van der Waals surface area contributed by atoms with E-state index >= 15 is 0 Å². The van der Waals surface area contributed by atoms with Gasteiger partial charge in [0.2, 0.25) is 0 Å². The zero-order valence-corrected chi connectivity index (χ0v) is 21.3. The fourth-order valence-electron chi connectivity index (χ4n) is 5.93. The molecule has 0 bridgehead atoms. The summed E-state index contributed by atoms with van der Waals surface area (Å²) in [4.78, 5) is 0. The first-order valence-corrected chi connectivity index (χ1v) is 13.4. The van der Waals surface area contributed by atoms with Crippen molar-refractivity contribution in [3.63, 3.8) is 0 Å². The Kier molecular flexibility index (Phi) is 7.74. The van der Waals surface area contributed by atoms with Gasteiger partial charge in [0.05, 0.1) is 0 Å². The molecule has 0 heterocycles. The van der Waals surface area contributed by atoms with Crippen LogP contribution in [0.1, 0.15) is 105 Å². The number of fused-ring (bicyclic) bond motifs is 3. The zero-order chi connectivity index (χ0) is 23.3. The summed E-state index contributed by atoms with van der Waals surface area (Å²) in [5.41, 5.74) is 11.7. The van der Waals surface area contributed by atoms with Gasteiger partial charge in [-0.1, -0.05) is 131 Å². The molecule has 4 rings (SSSR count). The fourth-order valence-corrected chi connectivity index (χ4v) is 5.93. The van der Waals surface area contributed by atoms with Gasteiger partial charge in [0.25, 0.3) is 0 Å². The summed E-state index contributed by atoms with van der Waals surface area (Å²) < 4.78 is 0. The predicted molar refractivity (Wildman–Crippen MR) is 144 cm³/mol. The highest BCUT2D eigenvalue weighted by Crippen LogP contribution is 2.55. The van der Waals surface area contributed by atoms with E-state index in [1.807, 2.05) is 0 Å². The van der Waals surface area contributed by atoms with Gasteiger partial charge in [-0.05, 0) is 66.5 Å². The van der Waals surface area contributed by atoms with E-state index < -0.39 is 0 Å². The maximum atomic E-state index is 2.55. The van der Waals surface area contributed by atoms with E-state index in [2.05, 4.69) is 88.4 Å². The van der Waals surface area contributed by atoms with Gasteiger partial charge >= 0.3 is 0 Å². The molecule has 33 heavy (non-hydrogen) atoms. The van der Waals surface area contributed by atoms with Gasteiger partial charge in [-0.3, -0.25) is 0 Å². The molecule has 0 aromatic heterocycles. The maximum absolute atomic E-state index is 2.55. The second-order valence-electron chi connectivity index (χ2n) is 10.3. The summed E-state index contributed by atoms with van der Waals surface area (Å²) in [6, 6.07) is 23.9. The fraction of sp³-hybridized carbons (Fsp3) is 0.455. The molecule has 0 amide bonds. The summed E-state index contributed by atoms with van der Waals surface area (Å²) in [7, 11) is 0. The molecule has 1 aliphatic rings. The number of hydrogen-bond donors (Lipinski definition) is 0. The lowest BCUT2D eigenvalue weighted by Gasteiger charge is -2.34. The molecule has 0 fully saturated rings. The smallest absolute Gasteiger partial charge is 0.0463 e. The molecule has 3 aromatic rings. The van der Waals surface area contributed by atoms with Crippen LogP contribution >= 0.6 is 0 Å². The van der Waals surface area contributed by atoms with Crippen molar-refractivity contribution in [1.29, 1.82) is 0 Å². The van der Waals surface area contributed by atoms with Crippen molar-refractivity contribution in [2.24, 2.45) is 0 Å². The van der Waals surface area contributed by atoms with Crippen molar-refractivity contribution < 1.29 is 0 Å². The van der Waals surface area contributed by atoms with E-state index in [-0.39, 0.29) is 5.41 Å². The van der Waals surface area contributed by atoms with Gasteiger partial charge in [0, 0.05) is 5.41 Å². The third-order valence-electron chi connectivity index (χ3n) is 7.70. The summed E-state index contributed by atoms with van der Waals surface area (Å²) in [5, 5.41) is 0. The van der Waals surface area contributed by atoms with Crippen molar-refractivity contribution in [2.45, 2.75) is 97.3 Å². The molecule has 1 aliphatic carbocycles. The molecule has 174 valence electrons. The van der Waals surface area contributed by atoms with Crippen LogP contribution in [0, 0.1) is 13.8 Å². The Labute approximate surface area is 202 Å². The van der Waals surface area contributed by atoms with Gasteiger partial charge < -0.3 is 0 Å². The highest BCUT2D eigenvalue weighted by molar-refractivity contribution is 5.84. The first kappa shape index (κ1) is 23.8. The van der Waals surface area contributed by atoms with E-state index in [9.17, 15) is 0 Å². The molecular formula is C33H42. The number of hydrogen-bond acceptors (Lipinski definition) is 0. The number of benzene rings is 3. The SMILES string of the molecule is CCCCCCc1cccc(C2(CCCCCC)c3cc(C)ccc3-c3ccc(C)cc32)c1. The minimum atomic E-state index is -0.0319. The van der Waals surface area contributed by atoms with Crippen molar-refractivity contribution in [3.8, 4) is 11.1 Å². The monoisotopic (exact) mass is 438 g/mol. The second kappa shape index (κ2) is 10.7. The van der Waals surface area contributed by atoms with E-state index in [1.165, 1.54) is 109 Å². The minimum absolute atomic E-state index is 0.0319. The lowest BCUT2D eigenvalue weighted by atomic mass is 9.68. The average Bonchev–Trinajstić information content (AvgIpc) is 3.09. The van der Waals surface area contributed by atoms with E-state index in [4.69, 9.17) is 0 Å². The Balaban J connectivity index is 1.84. The van der Waals surface area contributed by atoms with E-state index in [1.54, 1.807) is 0 Å². The Morgan fingerprint density at radius 2 is 1.21 bits per heavy atom. The van der Waals surface area contributed by atoms with Crippen LogP contribution in [0.15, 0.2) is 60.7 Å². The molecule has 0 N–H and O–H groups in total. The number of rotatable bonds is 11. The van der Waals surface area contributed by atoms with Crippen molar-refractivity contribution in [3.05, 3.63) is 94.0 Å². The standard InChI is InChI=1S/C33H42/c1-5-7-9-11-14-27-15-13-16-28(24-27)33(21-12-10-8-6-2)31-22-25(3)17-19-29(31)30-20-18-26(4)23-32(30)33/h13,15-20,22-24H,5-12,14,21H2,1-4H3. The Morgan fingerprint density at radius 3 is 1.82 bits per heavy atom. The molecule has 0 atom stereocenters. The molecule has 0 nitrogen and oxygen atoms in total. The van der Waals surface area contributed by atoms with Crippen LogP contribution in [-0.4, -0.2) is 0 Å². The topological polar surface area (TPSA) is 0 Å². The molecule has 0 unspecified atom stereocenters. The quantitative estimate of drug-likeness (QED) is 0.261. The van der Waals surface area contributed by atoms with Gasteiger partial charge in [-0.2, -0.15) is 0 Å². The average molecular weight is 439 g/mol. The molecular weight excluding hydrogens is 396 g/mol. The van der Waals surface area contributed by atoms with Crippen LogP contribution in [0.4, 0.5) is 0 Å². The Bertz CT molecular complexity index is 1020.